The van der Waals surface area contributed by atoms with Crippen molar-refractivity contribution in [2.75, 3.05) is 33.1 Å². The molecular weight excluding hydrogens is 475 g/mol. The van der Waals surface area contributed by atoms with Crippen molar-refractivity contribution in [2.45, 2.75) is 11.4 Å². The molecule has 1 saturated heterocycles. The first-order chi connectivity index (χ1) is 15.8. The number of nitrogens with one attached hydrogen (secondary N) is 3. The van der Waals surface area contributed by atoms with Crippen molar-refractivity contribution in [1.82, 2.24) is 20.5 Å². The molecule has 0 bridgehead atoms. The monoisotopic (exact) mass is 496 g/mol. The van der Waals surface area contributed by atoms with Gasteiger partial charge in [0.25, 0.3) is 5.91 Å². The summed E-state index contributed by atoms with van der Waals surface area (Å²) in [5.41, 5.74) is 5.17. The van der Waals surface area contributed by atoms with Gasteiger partial charge in [0.15, 0.2) is 16.6 Å². The summed E-state index contributed by atoms with van der Waals surface area (Å²) in [4.78, 5) is 12.3. The second kappa shape index (κ2) is 9.87. The molecule has 0 aromatic heterocycles. The lowest BCUT2D eigenvalue weighted by atomic mass is 10.2. The van der Waals surface area contributed by atoms with E-state index in [0.29, 0.717) is 18.0 Å². The van der Waals surface area contributed by atoms with Crippen LogP contribution in [0.4, 0.5) is 4.39 Å². The van der Waals surface area contributed by atoms with E-state index in [1.807, 2.05) is 6.07 Å². The predicted molar refractivity (Wildman–Crippen MR) is 119 cm³/mol. The van der Waals surface area contributed by atoms with Gasteiger partial charge in [0.1, 0.15) is 5.82 Å². The van der Waals surface area contributed by atoms with E-state index in [1.54, 1.807) is 12.1 Å². The maximum absolute atomic E-state index is 14.3. The standard InChI is InChI=1S/C20H21FN4O6S2/c21-16-3-2-14(33(27,28)25-5-7-29-8-6-25)10-15(16)19(26)23-24-20(32)22-11-13-1-4-17-18(9-13)31-12-30-17/h1-4,9-10H,5-8,11-12H2,(H,23,26)(H2,22,24,32). The lowest BCUT2D eigenvalue weighted by Gasteiger charge is -2.26. The minimum atomic E-state index is -3.88. The van der Waals surface area contributed by atoms with Crippen LogP contribution in [0.3, 0.4) is 0 Å². The van der Waals surface area contributed by atoms with Gasteiger partial charge in [-0.2, -0.15) is 4.31 Å². The number of morpholine rings is 1. The molecule has 176 valence electrons. The van der Waals surface area contributed by atoms with Gasteiger partial charge in [0, 0.05) is 19.6 Å². The van der Waals surface area contributed by atoms with Crippen LogP contribution in [-0.4, -0.2) is 56.8 Å². The lowest BCUT2D eigenvalue weighted by Crippen LogP contribution is -2.46. The van der Waals surface area contributed by atoms with Gasteiger partial charge in [0.2, 0.25) is 16.8 Å². The third-order valence-corrected chi connectivity index (χ3v) is 7.11. The molecule has 0 unspecified atom stereocenters. The zero-order chi connectivity index (χ0) is 23.4. The summed E-state index contributed by atoms with van der Waals surface area (Å²) in [5.74, 6) is -0.455. The molecule has 1 fully saturated rings. The summed E-state index contributed by atoms with van der Waals surface area (Å²) in [6, 6.07) is 8.47. The first-order valence-corrected chi connectivity index (χ1v) is 11.8. The van der Waals surface area contributed by atoms with Crippen molar-refractivity contribution in [3.05, 3.63) is 53.3 Å². The Balaban J connectivity index is 1.35. The number of sulfonamides is 1. The Hall–Kier alpha value is -3.00. The van der Waals surface area contributed by atoms with Crippen LogP contribution in [0.15, 0.2) is 41.3 Å². The largest absolute Gasteiger partial charge is 0.454 e. The zero-order valence-electron chi connectivity index (χ0n) is 17.3. The fourth-order valence-electron chi connectivity index (χ4n) is 3.23. The van der Waals surface area contributed by atoms with Crippen molar-refractivity contribution >= 4 is 33.3 Å². The summed E-state index contributed by atoms with van der Waals surface area (Å²) in [5, 5.41) is 2.97. The van der Waals surface area contributed by atoms with Crippen LogP contribution in [0, 0.1) is 5.82 Å². The first-order valence-electron chi connectivity index (χ1n) is 9.95. The quantitative estimate of drug-likeness (QED) is 0.410. The number of amides is 1. The van der Waals surface area contributed by atoms with E-state index in [9.17, 15) is 17.6 Å². The van der Waals surface area contributed by atoms with Gasteiger partial charge >= 0.3 is 0 Å². The number of benzene rings is 2. The minimum absolute atomic E-state index is 0.0820. The van der Waals surface area contributed by atoms with Crippen LogP contribution >= 0.6 is 12.2 Å². The Morgan fingerprint density at radius 1 is 1.06 bits per heavy atom. The molecule has 0 saturated carbocycles. The van der Waals surface area contributed by atoms with E-state index in [4.69, 9.17) is 26.4 Å². The average Bonchev–Trinajstić information content (AvgIpc) is 3.30. The van der Waals surface area contributed by atoms with E-state index in [2.05, 4.69) is 16.2 Å². The normalized spacial score (nSPS) is 15.7. The molecule has 4 rings (SSSR count). The molecule has 2 aliphatic heterocycles. The highest BCUT2D eigenvalue weighted by Gasteiger charge is 2.28. The van der Waals surface area contributed by atoms with Gasteiger partial charge in [-0.15, -0.1) is 0 Å². The average molecular weight is 497 g/mol. The Labute approximate surface area is 195 Å². The summed E-state index contributed by atoms with van der Waals surface area (Å²) in [6.45, 7) is 1.42. The number of carbonyl (C=O) groups excluding carboxylic acids is 1. The van der Waals surface area contributed by atoms with Gasteiger partial charge < -0.3 is 19.5 Å². The molecule has 3 N–H and O–H groups in total. The Bertz CT molecular complexity index is 1170. The maximum Gasteiger partial charge on any atom is 0.272 e. The van der Waals surface area contributed by atoms with Gasteiger partial charge in [-0.25, -0.2) is 12.8 Å². The number of nitrogens with zero attached hydrogens (tertiary/aromatic N) is 1. The van der Waals surface area contributed by atoms with E-state index >= 15 is 0 Å². The fourth-order valence-corrected chi connectivity index (χ4v) is 4.79. The minimum Gasteiger partial charge on any atom is -0.454 e. The van der Waals surface area contributed by atoms with E-state index in [0.717, 1.165) is 23.8 Å². The van der Waals surface area contributed by atoms with Crippen LogP contribution in [-0.2, 0) is 21.3 Å². The number of carbonyl (C=O) groups is 1. The molecule has 33 heavy (non-hydrogen) atoms. The number of rotatable bonds is 5. The molecule has 1 amide bonds. The van der Waals surface area contributed by atoms with Crippen molar-refractivity contribution in [3.63, 3.8) is 0 Å². The molecule has 0 spiro atoms. The highest BCUT2D eigenvalue weighted by Crippen LogP contribution is 2.32. The molecule has 13 heteroatoms. The number of fused-ring (bicyclic) bond motifs is 1. The molecule has 0 atom stereocenters. The SMILES string of the molecule is O=C(NNC(=S)NCc1ccc2c(c1)OCO2)c1cc(S(=O)(=O)N2CCOCC2)ccc1F. The van der Waals surface area contributed by atoms with Crippen LogP contribution in [0.25, 0.3) is 0 Å². The molecule has 2 aromatic rings. The smallest absolute Gasteiger partial charge is 0.272 e. The summed E-state index contributed by atoms with van der Waals surface area (Å²) >= 11 is 5.12. The number of hydrogen-bond donors (Lipinski definition) is 3. The number of halogens is 1. The fraction of sp³-hybridized carbons (Fsp3) is 0.300. The number of ether oxygens (including phenoxy) is 3. The van der Waals surface area contributed by atoms with Gasteiger partial charge in [0.05, 0.1) is 23.7 Å². The Kier molecular flexibility index (Phi) is 6.93. The highest BCUT2D eigenvalue weighted by atomic mass is 32.2. The summed E-state index contributed by atoms with van der Waals surface area (Å²) < 4.78 is 56.8. The third-order valence-electron chi connectivity index (χ3n) is 4.97. The zero-order valence-corrected chi connectivity index (χ0v) is 18.9. The summed E-state index contributed by atoms with van der Waals surface area (Å²) in [6.07, 6.45) is 0. The molecule has 2 heterocycles. The maximum atomic E-state index is 14.3. The second-order valence-corrected chi connectivity index (χ2v) is 9.45. The highest BCUT2D eigenvalue weighted by molar-refractivity contribution is 7.89. The Morgan fingerprint density at radius 2 is 1.82 bits per heavy atom. The van der Waals surface area contributed by atoms with Crippen molar-refractivity contribution in [1.29, 1.82) is 0 Å². The van der Waals surface area contributed by atoms with E-state index in [-0.39, 0.29) is 43.1 Å². The van der Waals surface area contributed by atoms with Crippen LogP contribution in [0.1, 0.15) is 15.9 Å². The molecular formula is C20H21FN4O6S2. The van der Waals surface area contributed by atoms with Crippen LogP contribution in [0.5, 0.6) is 11.5 Å². The molecule has 0 radical (unpaired) electrons. The number of hydrazine groups is 1. The third kappa shape index (κ3) is 5.33. The predicted octanol–water partition coefficient (Wildman–Crippen LogP) is 0.884. The Morgan fingerprint density at radius 3 is 2.61 bits per heavy atom. The van der Waals surface area contributed by atoms with Gasteiger partial charge in [-0.3, -0.25) is 15.6 Å². The van der Waals surface area contributed by atoms with Crippen molar-refractivity contribution in [3.8, 4) is 11.5 Å². The van der Waals surface area contributed by atoms with Crippen LogP contribution in [0.2, 0.25) is 0 Å². The number of thiocarbonyl (C=S) groups is 1. The summed E-state index contributed by atoms with van der Waals surface area (Å²) in [7, 11) is -3.88. The molecule has 2 aliphatic rings. The van der Waals surface area contributed by atoms with E-state index in [1.165, 1.54) is 4.31 Å². The molecule has 0 aliphatic carbocycles. The molecule has 10 nitrogen and oxygen atoms in total. The van der Waals surface area contributed by atoms with Crippen LogP contribution < -0.4 is 25.6 Å². The first kappa shape index (κ1) is 23.2. The number of hydrogen-bond acceptors (Lipinski definition) is 7. The van der Waals surface area contributed by atoms with Gasteiger partial charge in [-0.05, 0) is 48.1 Å². The lowest BCUT2D eigenvalue weighted by molar-refractivity contribution is 0.0730. The van der Waals surface area contributed by atoms with E-state index < -0.39 is 27.3 Å². The van der Waals surface area contributed by atoms with Gasteiger partial charge in [-0.1, -0.05) is 6.07 Å². The molecule has 2 aromatic carbocycles. The van der Waals surface area contributed by atoms with Crippen molar-refractivity contribution in [2.24, 2.45) is 0 Å². The second-order valence-electron chi connectivity index (χ2n) is 7.11. The van der Waals surface area contributed by atoms with Crippen molar-refractivity contribution < 1.29 is 31.8 Å². The topological polar surface area (TPSA) is 118 Å².